The van der Waals surface area contributed by atoms with Crippen molar-refractivity contribution in [3.63, 3.8) is 0 Å². The van der Waals surface area contributed by atoms with Crippen molar-refractivity contribution in [2.75, 3.05) is 26.2 Å². The quantitative estimate of drug-likeness (QED) is 0.821. The van der Waals surface area contributed by atoms with E-state index in [0.29, 0.717) is 5.69 Å². The van der Waals surface area contributed by atoms with Gasteiger partial charge in [0.1, 0.15) is 5.69 Å². The van der Waals surface area contributed by atoms with Crippen LogP contribution in [-0.4, -0.2) is 42.0 Å². The van der Waals surface area contributed by atoms with Crippen molar-refractivity contribution < 1.29 is 4.79 Å². The molecule has 1 N–H and O–H groups in total. The molecule has 112 valence electrons. The number of rotatable bonds is 6. The van der Waals surface area contributed by atoms with E-state index in [4.69, 9.17) is 0 Å². The Kier molecular flexibility index (Phi) is 5.98. The van der Waals surface area contributed by atoms with Crippen LogP contribution in [0.4, 0.5) is 0 Å². The molecule has 1 aromatic heterocycles. The first kappa shape index (κ1) is 15.4. The van der Waals surface area contributed by atoms with Gasteiger partial charge in [0.15, 0.2) is 0 Å². The zero-order chi connectivity index (χ0) is 14.4. The number of aromatic nitrogens is 1. The minimum atomic E-state index is -0.0408. The molecule has 1 amide bonds. The number of nitrogens with one attached hydrogen (secondary N) is 1. The maximum absolute atomic E-state index is 11.8. The molecule has 1 atom stereocenters. The Hall–Kier alpha value is -0.940. The van der Waals surface area contributed by atoms with Gasteiger partial charge >= 0.3 is 0 Å². The summed E-state index contributed by atoms with van der Waals surface area (Å²) in [6.07, 6.45) is 4.91. The highest BCUT2D eigenvalue weighted by atomic mass is 32.1. The number of thiazole rings is 1. The van der Waals surface area contributed by atoms with Crippen LogP contribution in [0.5, 0.6) is 0 Å². The molecule has 2 rings (SSSR count). The third-order valence-electron chi connectivity index (χ3n) is 3.78. The molecule has 0 bridgehead atoms. The lowest BCUT2D eigenvalue weighted by Crippen LogP contribution is -2.35. The maximum atomic E-state index is 11.8. The Morgan fingerprint density at radius 3 is 3.10 bits per heavy atom. The smallest absolute Gasteiger partial charge is 0.270 e. The SMILES string of the molecule is Cc1nc(C(=O)NCCCCN2CCCC(C)C2)cs1. The summed E-state index contributed by atoms with van der Waals surface area (Å²) in [5, 5.41) is 5.70. The number of likely N-dealkylation sites (tertiary alicyclic amines) is 1. The Bertz CT molecular complexity index is 433. The Morgan fingerprint density at radius 2 is 2.40 bits per heavy atom. The number of piperidine rings is 1. The predicted molar refractivity (Wildman–Crippen MR) is 83.3 cm³/mol. The molecule has 1 saturated heterocycles. The van der Waals surface area contributed by atoms with Gasteiger partial charge in [0.05, 0.1) is 5.01 Å². The van der Waals surface area contributed by atoms with Crippen LogP contribution in [0, 0.1) is 12.8 Å². The fourth-order valence-corrected chi connectivity index (χ4v) is 3.30. The molecule has 1 aliphatic heterocycles. The van der Waals surface area contributed by atoms with Gasteiger partial charge in [0, 0.05) is 18.5 Å². The van der Waals surface area contributed by atoms with Crippen LogP contribution in [0.3, 0.4) is 0 Å². The van der Waals surface area contributed by atoms with Crippen LogP contribution >= 0.6 is 11.3 Å². The van der Waals surface area contributed by atoms with E-state index in [1.54, 1.807) is 0 Å². The lowest BCUT2D eigenvalue weighted by atomic mass is 10.0. The molecule has 1 unspecified atom stereocenters. The van der Waals surface area contributed by atoms with E-state index < -0.39 is 0 Å². The van der Waals surface area contributed by atoms with E-state index in [-0.39, 0.29) is 5.91 Å². The van der Waals surface area contributed by atoms with Crippen molar-refractivity contribution in [2.24, 2.45) is 5.92 Å². The van der Waals surface area contributed by atoms with Crippen molar-refractivity contribution in [2.45, 2.75) is 39.5 Å². The van der Waals surface area contributed by atoms with Crippen molar-refractivity contribution in [3.05, 3.63) is 16.1 Å². The summed E-state index contributed by atoms with van der Waals surface area (Å²) in [6.45, 7) is 8.65. The van der Waals surface area contributed by atoms with E-state index in [9.17, 15) is 4.79 Å². The molecule has 1 fully saturated rings. The fourth-order valence-electron chi connectivity index (χ4n) is 2.71. The van der Waals surface area contributed by atoms with Crippen LogP contribution in [0.1, 0.15) is 48.1 Å². The van der Waals surface area contributed by atoms with Gasteiger partial charge < -0.3 is 10.2 Å². The molecule has 0 aliphatic carbocycles. The van der Waals surface area contributed by atoms with Crippen LogP contribution < -0.4 is 5.32 Å². The molecule has 0 spiro atoms. The molecule has 0 radical (unpaired) electrons. The molecule has 2 heterocycles. The van der Waals surface area contributed by atoms with Gasteiger partial charge in [0.25, 0.3) is 5.91 Å². The summed E-state index contributed by atoms with van der Waals surface area (Å²) in [5.74, 6) is 0.803. The number of aryl methyl sites for hydroxylation is 1. The number of amides is 1. The van der Waals surface area contributed by atoms with Crippen LogP contribution in [0.25, 0.3) is 0 Å². The zero-order valence-electron chi connectivity index (χ0n) is 12.5. The lowest BCUT2D eigenvalue weighted by Gasteiger charge is -2.30. The van der Waals surface area contributed by atoms with Crippen molar-refractivity contribution in [1.82, 2.24) is 15.2 Å². The van der Waals surface area contributed by atoms with Crippen LogP contribution in [0.2, 0.25) is 0 Å². The van der Waals surface area contributed by atoms with Gasteiger partial charge in [0.2, 0.25) is 0 Å². The highest BCUT2D eigenvalue weighted by Gasteiger charge is 2.15. The summed E-state index contributed by atoms with van der Waals surface area (Å²) < 4.78 is 0. The second-order valence-corrected chi connectivity index (χ2v) is 6.83. The first-order valence-corrected chi connectivity index (χ1v) is 8.46. The normalized spacial score (nSPS) is 20.0. The van der Waals surface area contributed by atoms with Gasteiger partial charge in [-0.05, 0) is 51.6 Å². The molecular formula is C15H25N3OS. The summed E-state index contributed by atoms with van der Waals surface area (Å²) >= 11 is 1.52. The fraction of sp³-hybridized carbons (Fsp3) is 0.733. The van der Waals surface area contributed by atoms with Crippen molar-refractivity contribution in [1.29, 1.82) is 0 Å². The highest BCUT2D eigenvalue weighted by molar-refractivity contribution is 7.09. The van der Waals surface area contributed by atoms with Crippen molar-refractivity contribution >= 4 is 17.2 Å². The van der Waals surface area contributed by atoms with Gasteiger partial charge in [-0.1, -0.05) is 6.92 Å². The largest absolute Gasteiger partial charge is 0.351 e. The molecule has 1 aromatic rings. The van der Waals surface area contributed by atoms with Gasteiger partial charge in [-0.25, -0.2) is 4.98 Å². The molecule has 5 heteroatoms. The van der Waals surface area contributed by atoms with Gasteiger partial charge in [-0.2, -0.15) is 0 Å². The van der Waals surface area contributed by atoms with E-state index in [0.717, 1.165) is 36.9 Å². The molecule has 0 saturated carbocycles. The number of nitrogens with zero attached hydrogens (tertiary/aromatic N) is 2. The summed E-state index contributed by atoms with van der Waals surface area (Å²) in [7, 11) is 0. The average Bonchev–Trinajstić information content (AvgIpc) is 2.85. The first-order valence-electron chi connectivity index (χ1n) is 7.58. The molecule has 20 heavy (non-hydrogen) atoms. The number of hydrogen-bond donors (Lipinski definition) is 1. The minimum Gasteiger partial charge on any atom is -0.351 e. The molecular weight excluding hydrogens is 270 g/mol. The lowest BCUT2D eigenvalue weighted by molar-refractivity contribution is 0.0947. The van der Waals surface area contributed by atoms with Gasteiger partial charge in [-0.15, -0.1) is 11.3 Å². The van der Waals surface area contributed by atoms with Crippen LogP contribution in [-0.2, 0) is 0 Å². The second kappa shape index (κ2) is 7.74. The standard InChI is InChI=1S/C15H25N3OS/c1-12-6-5-9-18(10-12)8-4-3-7-16-15(19)14-11-20-13(2)17-14/h11-12H,3-10H2,1-2H3,(H,16,19). The minimum absolute atomic E-state index is 0.0408. The average molecular weight is 295 g/mol. The summed E-state index contributed by atoms with van der Waals surface area (Å²) in [6, 6.07) is 0. The maximum Gasteiger partial charge on any atom is 0.270 e. The number of carbonyl (C=O) groups is 1. The third-order valence-corrected chi connectivity index (χ3v) is 4.55. The predicted octanol–water partition coefficient (Wildman–Crippen LogP) is 2.69. The number of unbranched alkanes of at least 4 members (excludes halogenated alkanes) is 1. The Morgan fingerprint density at radius 1 is 1.55 bits per heavy atom. The van der Waals surface area contributed by atoms with E-state index in [2.05, 4.69) is 22.1 Å². The van der Waals surface area contributed by atoms with Crippen molar-refractivity contribution in [3.8, 4) is 0 Å². The Labute approximate surface area is 125 Å². The van der Waals surface area contributed by atoms with E-state index in [1.807, 2.05) is 12.3 Å². The zero-order valence-corrected chi connectivity index (χ0v) is 13.3. The van der Waals surface area contributed by atoms with Gasteiger partial charge in [-0.3, -0.25) is 4.79 Å². The van der Waals surface area contributed by atoms with E-state index >= 15 is 0 Å². The van der Waals surface area contributed by atoms with E-state index in [1.165, 1.54) is 37.3 Å². The topological polar surface area (TPSA) is 45.2 Å². The highest BCUT2D eigenvalue weighted by Crippen LogP contribution is 2.15. The molecule has 4 nitrogen and oxygen atoms in total. The number of carbonyl (C=O) groups excluding carboxylic acids is 1. The first-order chi connectivity index (χ1) is 9.65. The second-order valence-electron chi connectivity index (χ2n) is 5.76. The Balaban J connectivity index is 1.56. The molecule has 0 aromatic carbocycles. The summed E-state index contributed by atoms with van der Waals surface area (Å²) in [4.78, 5) is 18.5. The number of hydrogen-bond acceptors (Lipinski definition) is 4. The van der Waals surface area contributed by atoms with Crippen LogP contribution in [0.15, 0.2) is 5.38 Å². The third kappa shape index (κ3) is 4.87. The monoisotopic (exact) mass is 295 g/mol. The molecule has 1 aliphatic rings. The summed E-state index contributed by atoms with van der Waals surface area (Å²) in [5.41, 5.74) is 0.553.